The van der Waals surface area contributed by atoms with Crippen LogP contribution in [0.15, 0.2) is 61.6 Å². The average molecular weight is 366 g/mol. The van der Waals surface area contributed by atoms with Crippen LogP contribution < -0.4 is 17.0 Å². The number of hydrogen-bond donors (Lipinski definition) is 1. The van der Waals surface area contributed by atoms with Gasteiger partial charge in [0.1, 0.15) is 11.3 Å². The summed E-state index contributed by atoms with van der Waals surface area (Å²) < 4.78 is 6.32. The Morgan fingerprint density at radius 2 is 1.96 bits per heavy atom. The minimum atomic E-state index is -0.427. The van der Waals surface area contributed by atoms with E-state index in [0.29, 0.717) is 11.3 Å². The molecule has 0 fully saturated rings. The molecule has 0 bridgehead atoms. The first-order valence-electron chi connectivity index (χ1n) is 7.83. The first-order valence-corrected chi connectivity index (χ1v) is 8.82. The molecule has 7 nitrogen and oxygen atoms in total. The minimum absolute atomic E-state index is 0.230. The molecule has 4 aromatic rings. The van der Waals surface area contributed by atoms with E-state index in [4.69, 9.17) is 10.3 Å². The second kappa shape index (κ2) is 6.30. The van der Waals surface area contributed by atoms with Crippen molar-refractivity contribution in [2.45, 2.75) is 17.8 Å². The zero-order valence-electron chi connectivity index (χ0n) is 13.8. The predicted octanol–water partition coefficient (Wildman–Crippen LogP) is 2.21. The van der Waals surface area contributed by atoms with Gasteiger partial charge in [-0.15, -0.1) is 10.2 Å². The molecule has 0 radical (unpaired) electrons. The first kappa shape index (κ1) is 16.3. The Kier molecular flexibility index (Phi) is 3.96. The van der Waals surface area contributed by atoms with Crippen molar-refractivity contribution in [3.63, 3.8) is 0 Å². The highest BCUT2D eigenvalue weighted by atomic mass is 32.2. The summed E-state index contributed by atoms with van der Waals surface area (Å²) in [5.41, 5.74) is 0.711. The molecule has 8 heteroatoms. The van der Waals surface area contributed by atoms with Crippen molar-refractivity contribution in [3.8, 4) is 0 Å². The van der Waals surface area contributed by atoms with E-state index in [-0.39, 0.29) is 10.9 Å². The van der Waals surface area contributed by atoms with Crippen LogP contribution in [0.3, 0.4) is 0 Å². The van der Waals surface area contributed by atoms with E-state index in [2.05, 4.69) is 10.2 Å². The van der Waals surface area contributed by atoms with E-state index in [9.17, 15) is 9.59 Å². The standard InChI is InChI=1S/C18H14N4O3S/c1-10-17(24)22(19)18(21-20-10)26-9-12-8-15(23)25-14-7-6-11-4-2-3-5-13(11)16(12)14/h2-8H,9,19H2,1H3. The first-order chi connectivity index (χ1) is 12.5. The quantitative estimate of drug-likeness (QED) is 0.256. The number of hydrogen-bond acceptors (Lipinski definition) is 7. The molecule has 2 aromatic carbocycles. The molecular formula is C18H14N4O3S. The van der Waals surface area contributed by atoms with Crippen LogP contribution in [-0.4, -0.2) is 14.9 Å². The van der Waals surface area contributed by atoms with E-state index < -0.39 is 11.2 Å². The molecule has 0 amide bonds. The van der Waals surface area contributed by atoms with Crippen LogP contribution in [0.5, 0.6) is 0 Å². The monoisotopic (exact) mass is 366 g/mol. The number of aromatic nitrogens is 3. The maximum Gasteiger partial charge on any atom is 0.336 e. The van der Waals surface area contributed by atoms with Gasteiger partial charge in [0.05, 0.1) is 0 Å². The summed E-state index contributed by atoms with van der Waals surface area (Å²) in [6.07, 6.45) is 0. The average Bonchev–Trinajstić information content (AvgIpc) is 2.65. The van der Waals surface area contributed by atoms with Crippen LogP contribution in [-0.2, 0) is 5.75 Å². The third kappa shape index (κ3) is 2.74. The molecule has 0 spiro atoms. The summed E-state index contributed by atoms with van der Waals surface area (Å²) in [4.78, 5) is 23.8. The van der Waals surface area contributed by atoms with Crippen molar-refractivity contribution in [2.24, 2.45) is 0 Å². The van der Waals surface area contributed by atoms with Gasteiger partial charge in [0.2, 0.25) is 5.16 Å². The van der Waals surface area contributed by atoms with Crippen LogP contribution >= 0.6 is 11.8 Å². The van der Waals surface area contributed by atoms with Gasteiger partial charge < -0.3 is 10.3 Å². The Balaban J connectivity index is 1.84. The number of nitrogens with two attached hydrogens (primary N) is 1. The van der Waals surface area contributed by atoms with Crippen LogP contribution in [0.25, 0.3) is 21.7 Å². The van der Waals surface area contributed by atoms with E-state index in [1.807, 2.05) is 30.3 Å². The van der Waals surface area contributed by atoms with Crippen LogP contribution in [0.4, 0.5) is 0 Å². The topological polar surface area (TPSA) is 104 Å². The van der Waals surface area contributed by atoms with Crippen LogP contribution in [0.1, 0.15) is 11.3 Å². The third-order valence-electron chi connectivity index (χ3n) is 4.09. The van der Waals surface area contributed by atoms with Gasteiger partial charge in [0, 0.05) is 17.2 Å². The Morgan fingerprint density at radius 3 is 2.81 bits per heavy atom. The molecule has 0 aliphatic rings. The zero-order chi connectivity index (χ0) is 18.3. The molecule has 130 valence electrons. The molecule has 0 unspecified atom stereocenters. The van der Waals surface area contributed by atoms with Crippen molar-refractivity contribution in [3.05, 3.63) is 74.5 Å². The predicted molar refractivity (Wildman–Crippen MR) is 101 cm³/mol. The number of thioether (sulfide) groups is 1. The summed E-state index contributed by atoms with van der Waals surface area (Å²) in [5, 5.41) is 11.0. The van der Waals surface area contributed by atoms with Crippen LogP contribution in [0.2, 0.25) is 0 Å². The number of fused-ring (bicyclic) bond motifs is 3. The molecule has 4 rings (SSSR count). The molecule has 0 atom stereocenters. The molecule has 26 heavy (non-hydrogen) atoms. The zero-order valence-corrected chi connectivity index (χ0v) is 14.6. The summed E-state index contributed by atoms with van der Waals surface area (Å²) in [7, 11) is 0. The summed E-state index contributed by atoms with van der Waals surface area (Å²) in [6.45, 7) is 1.55. The fraction of sp³-hybridized carbons (Fsp3) is 0.111. The molecule has 0 aliphatic carbocycles. The van der Waals surface area contributed by atoms with E-state index in [0.717, 1.165) is 26.4 Å². The fourth-order valence-electron chi connectivity index (χ4n) is 2.84. The normalized spacial score (nSPS) is 11.3. The van der Waals surface area contributed by atoms with E-state index in [1.54, 1.807) is 13.0 Å². The minimum Gasteiger partial charge on any atom is -0.423 e. The third-order valence-corrected chi connectivity index (χ3v) is 5.08. The number of benzene rings is 2. The summed E-state index contributed by atoms with van der Waals surface area (Å²) >= 11 is 1.24. The molecular weight excluding hydrogens is 352 g/mol. The van der Waals surface area contributed by atoms with Gasteiger partial charge in [0.15, 0.2) is 0 Å². The molecule has 2 heterocycles. The van der Waals surface area contributed by atoms with Crippen LogP contribution in [0, 0.1) is 6.92 Å². The Morgan fingerprint density at radius 1 is 1.15 bits per heavy atom. The lowest BCUT2D eigenvalue weighted by Gasteiger charge is -2.09. The smallest absolute Gasteiger partial charge is 0.336 e. The molecule has 2 N–H and O–H groups in total. The van der Waals surface area contributed by atoms with E-state index in [1.165, 1.54) is 17.8 Å². The SMILES string of the molecule is Cc1nnc(SCc2cc(=O)oc3ccc4ccccc4c23)n(N)c1=O. The van der Waals surface area contributed by atoms with Crippen molar-refractivity contribution in [1.82, 2.24) is 14.9 Å². The summed E-state index contributed by atoms with van der Waals surface area (Å²) in [5.74, 6) is 6.17. The van der Waals surface area contributed by atoms with Gasteiger partial charge in [-0.05, 0) is 29.3 Å². The molecule has 0 saturated carbocycles. The lowest BCUT2D eigenvalue weighted by atomic mass is 10.0. The Bertz CT molecular complexity index is 1260. The maximum atomic E-state index is 11.9. The second-order valence-corrected chi connectivity index (χ2v) is 6.72. The number of aryl methyl sites for hydroxylation is 1. The van der Waals surface area contributed by atoms with Gasteiger partial charge in [-0.3, -0.25) is 4.79 Å². The highest BCUT2D eigenvalue weighted by molar-refractivity contribution is 7.98. The van der Waals surface area contributed by atoms with Gasteiger partial charge in [-0.25, -0.2) is 4.79 Å². The molecule has 0 saturated heterocycles. The highest BCUT2D eigenvalue weighted by Crippen LogP contribution is 2.30. The molecule has 0 aliphatic heterocycles. The fourth-order valence-corrected chi connectivity index (χ4v) is 3.68. The Hall–Kier alpha value is -3.13. The van der Waals surface area contributed by atoms with Crippen molar-refractivity contribution in [1.29, 1.82) is 0 Å². The van der Waals surface area contributed by atoms with Gasteiger partial charge in [-0.1, -0.05) is 42.1 Å². The van der Waals surface area contributed by atoms with Gasteiger partial charge >= 0.3 is 5.63 Å². The Labute approximate surface area is 151 Å². The molecule has 2 aromatic heterocycles. The van der Waals surface area contributed by atoms with Crippen molar-refractivity contribution < 1.29 is 4.42 Å². The lowest BCUT2D eigenvalue weighted by Crippen LogP contribution is -2.32. The van der Waals surface area contributed by atoms with Gasteiger partial charge in [0.25, 0.3) is 5.56 Å². The maximum absolute atomic E-state index is 11.9. The van der Waals surface area contributed by atoms with Crippen molar-refractivity contribution >= 4 is 33.5 Å². The van der Waals surface area contributed by atoms with Crippen molar-refractivity contribution in [2.75, 3.05) is 5.84 Å². The summed E-state index contributed by atoms with van der Waals surface area (Å²) in [6, 6.07) is 13.0. The largest absolute Gasteiger partial charge is 0.423 e. The van der Waals surface area contributed by atoms with E-state index >= 15 is 0 Å². The lowest BCUT2D eigenvalue weighted by molar-refractivity contribution is 0.560. The number of nitrogen functional groups attached to an aromatic ring is 1. The number of nitrogens with zero attached hydrogens (tertiary/aromatic N) is 3. The van der Waals surface area contributed by atoms with Gasteiger partial charge in [-0.2, -0.15) is 4.68 Å². The second-order valence-electron chi connectivity index (χ2n) is 5.78. The highest BCUT2D eigenvalue weighted by Gasteiger charge is 2.13. The number of rotatable bonds is 3.